The molecule has 1 atom stereocenters. The summed E-state index contributed by atoms with van der Waals surface area (Å²) in [5, 5.41) is 22.7. The van der Waals surface area contributed by atoms with Gasteiger partial charge in [-0.05, 0) is 64.2 Å². The minimum Gasteiger partial charge on any atom is -0.353 e. The summed E-state index contributed by atoms with van der Waals surface area (Å²) in [5.74, 6) is 0.835. The molecule has 8 nitrogen and oxygen atoms in total. The number of aromatic nitrogens is 3. The van der Waals surface area contributed by atoms with Crippen molar-refractivity contribution in [2.45, 2.75) is 32.5 Å². The number of rotatable bonds is 5. The maximum absolute atomic E-state index is 14.0. The third-order valence-electron chi connectivity index (χ3n) is 6.46. The molecule has 1 saturated heterocycles. The lowest BCUT2D eigenvalue weighted by Gasteiger charge is -2.52. The minimum atomic E-state index is -0.768. The zero-order valence-corrected chi connectivity index (χ0v) is 18.9. The van der Waals surface area contributed by atoms with Crippen molar-refractivity contribution >= 4 is 22.4 Å². The number of hydrogen-bond donors (Lipinski definition) is 2. The SMILES string of the molecule is Cc1c(C#N)cc(F)cc1[C@@H](N)Nc1nnc(C)c2cnc(N3CC(C)(N(C)C)C3)cc12. The van der Waals surface area contributed by atoms with Crippen LogP contribution in [0.15, 0.2) is 24.4 Å². The Labute approximate surface area is 186 Å². The second-order valence-corrected chi connectivity index (χ2v) is 8.87. The van der Waals surface area contributed by atoms with Crippen molar-refractivity contribution in [2.24, 2.45) is 5.73 Å². The molecule has 1 aromatic carbocycles. The van der Waals surface area contributed by atoms with Crippen molar-refractivity contribution in [1.82, 2.24) is 20.1 Å². The molecule has 0 saturated carbocycles. The number of nitrogens with two attached hydrogens (primary N) is 1. The summed E-state index contributed by atoms with van der Waals surface area (Å²) in [6, 6.07) is 6.55. The molecule has 0 spiro atoms. The van der Waals surface area contributed by atoms with E-state index in [2.05, 4.69) is 51.3 Å². The van der Waals surface area contributed by atoms with E-state index in [-0.39, 0.29) is 11.1 Å². The zero-order valence-electron chi connectivity index (χ0n) is 18.9. The van der Waals surface area contributed by atoms with Gasteiger partial charge in [-0.15, -0.1) is 5.10 Å². The van der Waals surface area contributed by atoms with E-state index in [1.807, 2.05) is 19.1 Å². The normalized spacial score (nSPS) is 16.0. The molecule has 1 aliphatic heterocycles. The lowest BCUT2D eigenvalue weighted by Crippen LogP contribution is -2.67. The van der Waals surface area contributed by atoms with Gasteiger partial charge in [0, 0.05) is 30.1 Å². The van der Waals surface area contributed by atoms with Crippen LogP contribution >= 0.6 is 0 Å². The number of aryl methyl sites for hydroxylation is 1. The van der Waals surface area contributed by atoms with Gasteiger partial charge in [0.1, 0.15) is 17.8 Å². The second-order valence-electron chi connectivity index (χ2n) is 8.87. The molecular weight excluding hydrogens is 407 g/mol. The van der Waals surface area contributed by atoms with Crippen molar-refractivity contribution in [3.05, 3.63) is 52.6 Å². The highest BCUT2D eigenvalue weighted by molar-refractivity contribution is 5.94. The fourth-order valence-electron chi connectivity index (χ4n) is 4.03. The monoisotopic (exact) mass is 434 g/mol. The Bertz CT molecular complexity index is 1230. The fourth-order valence-corrected chi connectivity index (χ4v) is 4.03. The van der Waals surface area contributed by atoms with Crippen LogP contribution in [0.5, 0.6) is 0 Å². The zero-order chi connectivity index (χ0) is 23.2. The van der Waals surface area contributed by atoms with Crippen LogP contribution in [0.25, 0.3) is 10.8 Å². The predicted octanol–water partition coefficient (Wildman–Crippen LogP) is 2.86. The fraction of sp³-hybridized carbons (Fsp3) is 0.391. The van der Waals surface area contributed by atoms with Gasteiger partial charge in [-0.25, -0.2) is 9.37 Å². The van der Waals surface area contributed by atoms with Gasteiger partial charge in [-0.1, -0.05) is 0 Å². The quantitative estimate of drug-likeness (QED) is 0.591. The average molecular weight is 435 g/mol. The van der Waals surface area contributed by atoms with Gasteiger partial charge in [-0.3, -0.25) is 0 Å². The molecule has 32 heavy (non-hydrogen) atoms. The topological polar surface area (TPSA) is 107 Å². The standard InChI is InChI=1S/C23H27FN8/c1-13-15(9-25)6-16(24)7-17(13)21(26)28-22-18-8-20(27-10-19(18)14(2)29-30-22)32-11-23(3,12-32)31(4)5/h6-8,10,21H,11-12,26H2,1-5H3,(H,28,30)/t21-/m0/s1. The third kappa shape index (κ3) is 3.72. The number of pyridine rings is 1. The minimum absolute atomic E-state index is 0.111. The molecule has 9 heteroatoms. The largest absolute Gasteiger partial charge is 0.353 e. The molecule has 0 amide bonds. The molecule has 0 bridgehead atoms. The lowest BCUT2D eigenvalue weighted by molar-refractivity contribution is 0.132. The first-order valence-corrected chi connectivity index (χ1v) is 10.4. The smallest absolute Gasteiger partial charge is 0.158 e. The molecule has 3 aromatic rings. The van der Waals surface area contributed by atoms with E-state index in [0.29, 0.717) is 16.9 Å². The molecule has 0 radical (unpaired) electrons. The molecule has 0 aliphatic carbocycles. The van der Waals surface area contributed by atoms with Crippen molar-refractivity contribution < 1.29 is 4.39 Å². The van der Waals surface area contributed by atoms with E-state index >= 15 is 0 Å². The highest BCUT2D eigenvalue weighted by Crippen LogP contribution is 2.33. The van der Waals surface area contributed by atoms with Crippen LogP contribution in [0, 0.1) is 31.0 Å². The number of hydrogen-bond acceptors (Lipinski definition) is 8. The summed E-state index contributed by atoms with van der Waals surface area (Å²) < 4.78 is 14.0. The Kier molecular flexibility index (Phi) is 5.44. The number of anilines is 2. The van der Waals surface area contributed by atoms with Gasteiger partial charge in [-0.2, -0.15) is 10.4 Å². The third-order valence-corrected chi connectivity index (χ3v) is 6.46. The summed E-state index contributed by atoms with van der Waals surface area (Å²) in [5.41, 5.74) is 8.62. The summed E-state index contributed by atoms with van der Waals surface area (Å²) in [7, 11) is 4.17. The van der Waals surface area contributed by atoms with E-state index in [1.165, 1.54) is 12.1 Å². The number of nitrogens with one attached hydrogen (secondary N) is 1. The van der Waals surface area contributed by atoms with E-state index in [9.17, 15) is 9.65 Å². The summed E-state index contributed by atoms with van der Waals surface area (Å²) >= 11 is 0. The highest BCUT2D eigenvalue weighted by atomic mass is 19.1. The number of halogens is 1. The van der Waals surface area contributed by atoms with Gasteiger partial charge in [0.05, 0.1) is 22.9 Å². The van der Waals surface area contributed by atoms with Crippen LogP contribution in [0.4, 0.5) is 16.0 Å². The molecule has 4 rings (SSSR count). The van der Waals surface area contributed by atoms with Crippen molar-refractivity contribution in [3.8, 4) is 6.07 Å². The Hall–Kier alpha value is -3.35. The molecule has 2 aromatic heterocycles. The number of nitrogens with zero attached hydrogens (tertiary/aromatic N) is 6. The maximum Gasteiger partial charge on any atom is 0.158 e. The number of benzene rings is 1. The first-order valence-electron chi connectivity index (χ1n) is 10.4. The van der Waals surface area contributed by atoms with Gasteiger partial charge in [0.25, 0.3) is 0 Å². The molecule has 166 valence electrons. The van der Waals surface area contributed by atoms with Crippen LogP contribution in [-0.2, 0) is 0 Å². The Morgan fingerprint density at radius 2 is 1.94 bits per heavy atom. The van der Waals surface area contributed by atoms with Crippen molar-refractivity contribution in [3.63, 3.8) is 0 Å². The Morgan fingerprint density at radius 1 is 1.22 bits per heavy atom. The predicted molar refractivity (Wildman–Crippen MR) is 123 cm³/mol. The van der Waals surface area contributed by atoms with Crippen LogP contribution in [0.1, 0.15) is 35.5 Å². The van der Waals surface area contributed by atoms with Gasteiger partial charge >= 0.3 is 0 Å². The second kappa shape index (κ2) is 7.97. The molecule has 1 fully saturated rings. The van der Waals surface area contributed by atoms with Gasteiger partial charge in [0.2, 0.25) is 0 Å². The number of nitriles is 1. The van der Waals surface area contributed by atoms with E-state index in [4.69, 9.17) is 5.73 Å². The van der Waals surface area contributed by atoms with E-state index in [1.54, 1.807) is 13.1 Å². The highest BCUT2D eigenvalue weighted by Gasteiger charge is 2.41. The van der Waals surface area contributed by atoms with Crippen LogP contribution in [0.3, 0.4) is 0 Å². The first-order chi connectivity index (χ1) is 15.1. The van der Waals surface area contributed by atoms with Crippen LogP contribution < -0.4 is 16.0 Å². The molecule has 3 heterocycles. The van der Waals surface area contributed by atoms with Crippen molar-refractivity contribution in [2.75, 3.05) is 37.4 Å². The van der Waals surface area contributed by atoms with Gasteiger partial charge < -0.3 is 20.9 Å². The van der Waals surface area contributed by atoms with Crippen LogP contribution in [-0.4, -0.2) is 52.8 Å². The number of likely N-dealkylation sites (N-methyl/N-ethyl adjacent to an activating group) is 1. The lowest BCUT2D eigenvalue weighted by atomic mass is 9.91. The molecule has 1 aliphatic rings. The Morgan fingerprint density at radius 3 is 2.59 bits per heavy atom. The van der Waals surface area contributed by atoms with E-state index < -0.39 is 12.0 Å². The van der Waals surface area contributed by atoms with Crippen LogP contribution in [0.2, 0.25) is 0 Å². The van der Waals surface area contributed by atoms with Crippen molar-refractivity contribution in [1.29, 1.82) is 5.26 Å². The summed E-state index contributed by atoms with van der Waals surface area (Å²) in [4.78, 5) is 9.08. The number of fused-ring (bicyclic) bond motifs is 1. The summed E-state index contributed by atoms with van der Waals surface area (Å²) in [6.45, 7) is 7.60. The average Bonchev–Trinajstić information content (AvgIpc) is 2.74. The van der Waals surface area contributed by atoms with E-state index in [0.717, 1.165) is 35.4 Å². The summed E-state index contributed by atoms with van der Waals surface area (Å²) in [6.07, 6.45) is 1.04. The first kappa shape index (κ1) is 21.9. The Balaban J connectivity index is 1.68. The molecular formula is C23H27FN8. The van der Waals surface area contributed by atoms with Gasteiger partial charge in [0.15, 0.2) is 5.82 Å². The molecule has 0 unspecified atom stereocenters. The molecule has 3 N–H and O–H groups in total. The maximum atomic E-state index is 14.0.